The van der Waals surface area contributed by atoms with Crippen molar-refractivity contribution in [2.45, 2.75) is 6.92 Å². The zero-order valence-electron chi connectivity index (χ0n) is 7.99. The second-order valence-corrected chi connectivity index (χ2v) is 4.35. The van der Waals surface area contributed by atoms with Gasteiger partial charge in [-0.1, -0.05) is 22.0 Å². The Morgan fingerprint density at radius 1 is 1.53 bits per heavy atom. The zero-order valence-corrected chi connectivity index (χ0v) is 10.4. The van der Waals surface area contributed by atoms with Gasteiger partial charge in [0, 0.05) is 4.47 Å². The fourth-order valence-electron chi connectivity index (χ4n) is 1.38. The molecule has 3 N–H and O–H groups in total. The molecule has 0 saturated carbocycles. The lowest BCUT2D eigenvalue weighted by Crippen LogP contribution is -2.02. The number of aromatic amines is 1. The third kappa shape index (κ3) is 1.70. The highest BCUT2D eigenvalue weighted by atomic mass is 79.9. The lowest BCUT2D eigenvalue weighted by atomic mass is 10.2. The predicted molar refractivity (Wildman–Crippen MR) is 65.6 cm³/mol. The van der Waals surface area contributed by atoms with Crippen molar-refractivity contribution in [2.75, 3.05) is 5.73 Å². The van der Waals surface area contributed by atoms with Gasteiger partial charge in [-0.15, -0.1) is 5.10 Å². The number of hydrogen-bond acceptors (Lipinski definition) is 3. The van der Waals surface area contributed by atoms with Crippen LogP contribution in [0, 0.1) is 11.7 Å². The first-order valence-corrected chi connectivity index (χ1v) is 5.50. The summed E-state index contributed by atoms with van der Waals surface area (Å²) >= 11 is 8.57. The van der Waals surface area contributed by atoms with Crippen LogP contribution in [0.1, 0.15) is 5.56 Å². The van der Waals surface area contributed by atoms with Crippen molar-refractivity contribution >= 4 is 34.1 Å². The third-order valence-corrected chi connectivity index (χ3v) is 3.31. The second kappa shape index (κ2) is 3.79. The van der Waals surface area contributed by atoms with E-state index in [-0.39, 0.29) is 0 Å². The van der Waals surface area contributed by atoms with Gasteiger partial charge in [-0.2, -0.15) is 0 Å². The molecule has 2 aromatic rings. The largest absolute Gasteiger partial charge is 0.368 e. The molecule has 0 unspecified atom stereocenters. The van der Waals surface area contributed by atoms with Crippen LogP contribution in [0.25, 0.3) is 5.69 Å². The normalized spacial score (nSPS) is 10.5. The minimum atomic E-state index is 0.362. The molecule has 0 aliphatic rings. The highest BCUT2D eigenvalue weighted by Gasteiger charge is 2.08. The smallest absolute Gasteiger partial charge is 0.225 e. The molecule has 1 heterocycles. The summed E-state index contributed by atoms with van der Waals surface area (Å²) < 4.78 is 3.21. The number of nitrogens with one attached hydrogen (secondary N) is 1. The van der Waals surface area contributed by atoms with Crippen LogP contribution in [-0.2, 0) is 0 Å². The van der Waals surface area contributed by atoms with Crippen molar-refractivity contribution in [1.82, 2.24) is 14.8 Å². The maximum atomic E-state index is 5.73. The number of aromatic nitrogens is 3. The SMILES string of the molecule is Cc1c(Br)cccc1-n1c(N)n[nH]c1=S. The van der Waals surface area contributed by atoms with E-state index in [2.05, 4.69) is 26.1 Å². The molecule has 0 amide bonds. The van der Waals surface area contributed by atoms with Crippen LogP contribution in [0.2, 0.25) is 0 Å². The summed E-state index contributed by atoms with van der Waals surface area (Å²) in [5, 5.41) is 6.53. The van der Waals surface area contributed by atoms with E-state index in [0.717, 1.165) is 15.7 Å². The van der Waals surface area contributed by atoms with Crippen molar-refractivity contribution in [2.24, 2.45) is 0 Å². The Morgan fingerprint density at radius 3 is 2.87 bits per heavy atom. The number of halogens is 1. The van der Waals surface area contributed by atoms with Crippen LogP contribution >= 0.6 is 28.1 Å². The fourth-order valence-corrected chi connectivity index (χ4v) is 1.97. The van der Waals surface area contributed by atoms with Crippen LogP contribution < -0.4 is 5.73 Å². The molecule has 0 atom stereocenters. The van der Waals surface area contributed by atoms with Crippen molar-refractivity contribution in [3.05, 3.63) is 33.0 Å². The summed E-state index contributed by atoms with van der Waals surface area (Å²) in [5.41, 5.74) is 7.73. The average Bonchev–Trinajstić information content (AvgIpc) is 2.52. The van der Waals surface area contributed by atoms with Crippen LogP contribution in [0.3, 0.4) is 0 Å². The average molecular weight is 285 g/mol. The minimum Gasteiger partial charge on any atom is -0.368 e. The first-order valence-electron chi connectivity index (χ1n) is 4.29. The van der Waals surface area contributed by atoms with Gasteiger partial charge in [0.15, 0.2) is 0 Å². The van der Waals surface area contributed by atoms with Gasteiger partial charge in [-0.05, 0) is 36.8 Å². The quantitative estimate of drug-likeness (QED) is 0.792. The second-order valence-electron chi connectivity index (χ2n) is 3.11. The molecule has 0 spiro atoms. The Balaban J connectivity index is 2.75. The number of nitrogens with two attached hydrogens (primary N) is 1. The van der Waals surface area contributed by atoms with E-state index < -0.39 is 0 Å². The van der Waals surface area contributed by atoms with Crippen LogP contribution in [-0.4, -0.2) is 14.8 Å². The van der Waals surface area contributed by atoms with E-state index in [1.165, 1.54) is 0 Å². The highest BCUT2D eigenvalue weighted by Crippen LogP contribution is 2.23. The summed E-state index contributed by atoms with van der Waals surface area (Å²) in [6.45, 7) is 1.99. The first-order chi connectivity index (χ1) is 7.11. The minimum absolute atomic E-state index is 0.362. The molecular formula is C9H9BrN4S. The van der Waals surface area contributed by atoms with E-state index in [0.29, 0.717) is 10.7 Å². The maximum Gasteiger partial charge on any atom is 0.225 e. The number of benzene rings is 1. The van der Waals surface area contributed by atoms with Gasteiger partial charge in [0.2, 0.25) is 10.7 Å². The molecule has 0 aliphatic carbocycles. The Hall–Kier alpha value is -1.14. The molecule has 0 bridgehead atoms. The number of nitrogen functional groups attached to an aromatic ring is 1. The molecule has 4 nitrogen and oxygen atoms in total. The monoisotopic (exact) mass is 284 g/mol. The maximum absolute atomic E-state index is 5.73. The van der Waals surface area contributed by atoms with Crippen molar-refractivity contribution in [1.29, 1.82) is 0 Å². The molecule has 6 heteroatoms. The number of rotatable bonds is 1. The molecule has 1 aromatic carbocycles. The summed E-state index contributed by atoms with van der Waals surface area (Å²) in [5.74, 6) is 0.362. The Bertz CT molecular complexity index is 557. The third-order valence-electron chi connectivity index (χ3n) is 2.18. The summed E-state index contributed by atoms with van der Waals surface area (Å²) in [6, 6.07) is 5.85. The molecule has 0 radical (unpaired) electrons. The topological polar surface area (TPSA) is 59.6 Å². The number of anilines is 1. The van der Waals surface area contributed by atoms with Crippen molar-refractivity contribution in [3.63, 3.8) is 0 Å². The lowest BCUT2D eigenvalue weighted by Gasteiger charge is -2.08. The van der Waals surface area contributed by atoms with Crippen LogP contribution in [0.5, 0.6) is 0 Å². The van der Waals surface area contributed by atoms with Gasteiger partial charge in [-0.3, -0.25) is 4.57 Å². The van der Waals surface area contributed by atoms with Gasteiger partial charge >= 0.3 is 0 Å². The predicted octanol–water partition coefficient (Wildman–Crippen LogP) is 2.58. The van der Waals surface area contributed by atoms with Crippen LogP contribution in [0.4, 0.5) is 5.95 Å². The fraction of sp³-hybridized carbons (Fsp3) is 0.111. The Morgan fingerprint density at radius 2 is 2.27 bits per heavy atom. The molecule has 1 aromatic heterocycles. The summed E-state index contributed by atoms with van der Waals surface area (Å²) in [6.07, 6.45) is 0. The molecule has 0 aliphatic heterocycles. The van der Waals surface area contributed by atoms with Gasteiger partial charge < -0.3 is 5.73 Å². The summed E-state index contributed by atoms with van der Waals surface area (Å²) in [7, 11) is 0. The highest BCUT2D eigenvalue weighted by molar-refractivity contribution is 9.10. The van der Waals surface area contributed by atoms with E-state index in [4.69, 9.17) is 18.0 Å². The van der Waals surface area contributed by atoms with E-state index in [1.54, 1.807) is 4.57 Å². The molecule has 2 rings (SSSR count). The summed E-state index contributed by atoms with van der Waals surface area (Å²) in [4.78, 5) is 0. The number of H-pyrrole nitrogens is 1. The molecule has 15 heavy (non-hydrogen) atoms. The van der Waals surface area contributed by atoms with Gasteiger partial charge in [0.25, 0.3) is 0 Å². The molecular weight excluding hydrogens is 276 g/mol. The number of nitrogens with zero attached hydrogens (tertiary/aromatic N) is 2. The zero-order chi connectivity index (χ0) is 11.0. The first kappa shape index (κ1) is 10.4. The van der Waals surface area contributed by atoms with Gasteiger partial charge in [0.05, 0.1) is 5.69 Å². The van der Waals surface area contributed by atoms with E-state index in [9.17, 15) is 0 Å². The Labute approximate surface area is 100 Å². The lowest BCUT2D eigenvalue weighted by molar-refractivity contribution is 1.02. The van der Waals surface area contributed by atoms with Crippen molar-refractivity contribution < 1.29 is 0 Å². The number of hydrogen-bond donors (Lipinski definition) is 2. The molecule has 78 valence electrons. The Kier molecular flexibility index (Phi) is 2.62. The van der Waals surface area contributed by atoms with Gasteiger partial charge in [-0.25, -0.2) is 5.10 Å². The van der Waals surface area contributed by atoms with Crippen molar-refractivity contribution in [3.8, 4) is 5.69 Å². The van der Waals surface area contributed by atoms with E-state index in [1.807, 2.05) is 25.1 Å². The van der Waals surface area contributed by atoms with E-state index >= 15 is 0 Å². The molecule has 0 saturated heterocycles. The standard InChI is InChI=1S/C9H9BrN4S/c1-5-6(10)3-2-4-7(5)14-8(11)12-13-9(14)15/h2-4H,1H3,(H2,11,12)(H,13,15). The molecule has 0 fully saturated rings. The van der Waals surface area contributed by atoms with Gasteiger partial charge in [0.1, 0.15) is 0 Å². The van der Waals surface area contributed by atoms with Crippen LogP contribution in [0.15, 0.2) is 22.7 Å².